The van der Waals surface area contributed by atoms with Crippen LogP contribution in [0.1, 0.15) is 23.1 Å². The zero-order valence-corrected chi connectivity index (χ0v) is 21.5. The van der Waals surface area contributed by atoms with Crippen LogP contribution in [0.15, 0.2) is 78.9 Å². The molecule has 0 unspecified atom stereocenters. The van der Waals surface area contributed by atoms with Gasteiger partial charge >= 0.3 is 0 Å². The monoisotopic (exact) mass is 501 g/mol. The summed E-state index contributed by atoms with van der Waals surface area (Å²) in [5, 5.41) is 12.9. The van der Waals surface area contributed by atoms with E-state index in [4.69, 9.17) is 9.47 Å². The molecule has 0 N–H and O–H groups in total. The molecule has 190 valence electrons. The zero-order valence-electron chi connectivity index (χ0n) is 21.5. The van der Waals surface area contributed by atoms with Gasteiger partial charge in [-0.1, -0.05) is 54.6 Å². The molecule has 0 radical (unpaired) electrons. The normalized spacial score (nSPS) is 18.5. The van der Waals surface area contributed by atoms with Crippen molar-refractivity contribution in [1.29, 1.82) is 5.26 Å². The van der Waals surface area contributed by atoms with E-state index in [9.17, 15) is 5.26 Å². The molecule has 38 heavy (non-hydrogen) atoms. The Labute approximate surface area is 223 Å². The molecule has 0 amide bonds. The predicted molar refractivity (Wildman–Crippen MR) is 152 cm³/mol. The number of hydrogen-bond acceptors (Lipinski definition) is 5. The second-order valence-electron chi connectivity index (χ2n) is 10.5. The molecule has 2 aliphatic heterocycles. The van der Waals surface area contributed by atoms with Crippen LogP contribution >= 0.6 is 0 Å². The minimum atomic E-state index is -0.561. The summed E-state index contributed by atoms with van der Waals surface area (Å²) >= 11 is 0. The molecule has 4 aromatic carbocycles. The summed E-state index contributed by atoms with van der Waals surface area (Å²) in [5.74, 6) is -0.561. The third-order valence-electron chi connectivity index (χ3n) is 8.46. The second-order valence-corrected chi connectivity index (χ2v) is 10.5. The first-order valence-electron chi connectivity index (χ1n) is 13.6. The Morgan fingerprint density at radius 2 is 1.45 bits per heavy atom. The summed E-state index contributed by atoms with van der Waals surface area (Å²) in [4.78, 5) is 4.85. The molecule has 2 saturated heterocycles. The average molecular weight is 502 g/mol. The van der Waals surface area contributed by atoms with Crippen LogP contribution in [0.5, 0.6) is 0 Å². The highest BCUT2D eigenvalue weighted by atomic mass is 16.7. The molecule has 5 heteroatoms. The number of hydrogen-bond donors (Lipinski definition) is 0. The fourth-order valence-corrected chi connectivity index (χ4v) is 6.49. The molecule has 0 atom stereocenters. The highest BCUT2D eigenvalue weighted by molar-refractivity contribution is 5.89. The molecule has 4 aromatic rings. The molecule has 2 fully saturated rings. The van der Waals surface area contributed by atoms with Gasteiger partial charge in [0.2, 0.25) is 0 Å². The van der Waals surface area contributed by atoms with Gasteiger partial charge in [-0.25, -0.2) is 0 Å². The summed E-state index contributed by atoms with van der Waals surface area (Å²) in [6.45, 7) is 4.90. The van der Waals surface area contributed by atoms with Crippen LogP contribution < -0.4 is 9.80 Å². The Hall–Kier alpha value is -3.85. The van der Waals surface area contributed by atoms with Crippen molar-refractivity contribution in [2.75, 3.05) is 49.2 Å². The van der Waals surface area contributed by atoms with Gasteiger partial charge < -0.3 is 19.3 Å². The SMILES string of the molecule is N#Cc1c(N2CCN(c3ccccc3)CC2)cc(-c2ccc3ccccc3c2)c2c1CCC1(C2)OCCO1. The maximum Gasteiger partial charge on any atom is 0.172 e. The summed E-state index contributed by atoms with van der Waals surface area (Å²) in [6, 6.07) is 30.7. The number of para-hydroxylation sites is 1. The lowest BCUT2D eigenvalue weighted by atomic mass is 9.79. The predicted octanol–water partition coefficient (Wildman–Crippen LogP) is 5.94. The van der Waals surface area contributed by atoms with Crippen LogP contribution in [0.25, 0.3) is 21.9 Å². The minimum Gasteiger partial charge on any atom is -0.368 e. The van der Waals surface area contributed by atoms with E-state index in [0.717, 1.165) is 50.3 Å². The van der Waals surface area contributed by atoms with Crippen molar-refractivity contribution >= 4 is 22.1 Å². The standard InChI is InChI=1S/C33H31N3O2/c34-23-31-28-12-13-33(37-18-19-38-33)22-30(28)29(26-11-10-24-6-4-5-7-25(24)20-26)21-32(31)36-16-14-35(15-17-36)27-8-2-1-3-9-27/h1-11,20-21H,12-19,22H2. The quantitative estimate of drug-likeness (QED) is 0.348. The van der Waals surface area contributed by atoms with E-state index in [0.29, 0.717) is 19.6 Å². The van der Waals surface area contributed by atoms with Gasteiger partial charge in [-0.05, 0) is 63.7 Å². The molecular weight excluding hydrogens is 470 g/mol. The number of piperazine rings is 1. The lowest BCUT2D eigenvalue weighted by molar-refractivity contribution is -0.163. The number of nitriles is 1. The molecule has 5 nitrogen and oxygen atoms in total. The van der Waals surface area contributed by atoms with Gasteiger partial charge in [0, 0.05) is 44.7 Å². The Morgan fingerprint density at radius 3 is 2.21 bits per heavy atom. The maximum atomic E-state index is 10.4. The van der Waals surface area contributed by atoms with Crippen LogP contribution in [0.2, 0.25) is 0 Å². The topological polar surface area (TPSA) is 48.7 Å². The number of nitrogens with zero attached hydrogens (tertiary/aromatic N) is 3. The van der Waals surface area contributed by atoms with Crippen LogP contribution in [0.4, 0.5) is 11.4 Å². The average Bonchev–Trinajstić information content (AvgIpc) is 3.44. The molecule has 0 saturated carbocycles. The summed E-state index contributed by atoms with van der Waals surface area (Å²) < 4.78 is 12.3. The number of anilines is 2. The lowest BCUT2D eigenvalue weighted by Crippen LogP contribution is -2.47. The van der Waals surface area contributed by atoms with E-state index in [2.05, 4.69) is 94.7 Å². The third kappa shape index (κ3) is 4.01. The van der Waals surface area contributed by atoms with E-state index in [1.165, 1.54) is 38.7 Å². The zero-order chi connectivity index (χ0) is 25.5. The van der Waals surface area contributed by atoms with Gasteiger partial charge in [0.25, 0.3) is 0 Å². The molecule has 0 aromatic heterocycles. The van der Waals surface area contributed by atoms with Crippen molar-refractivity contribution in [3.63, 3.8) is 0 Å². The minimum absolute atomic E-state index is 0.561. The maximum absolute atomic E-state index is 10.4. The van der Waals surface area contributed by atoms with Crippen LogP contribution in [-0.4, -0.2) is 45.2 Å². The van der Waals surface area contributed by atoms with Crippen molar-refractivity contribution < 1.29 is 9.47 Å². The molecule has 0 bridgehead atoms. The fraction of sp³-hybridized carbons (Fsp3) is 0.303. The lowest BCUT2D eigenvalue weighted by Gasteiger charge is -2.40. The van der Waals surface area contributed by atoms with E-state index in [1.807, 2.05) is 0 Å². The van der Waals surface area contributed by atoms with Gasteiger partial charge in [0.15, 0.2) is 5.79 Å². The Morgan fingerprint density at radius 1 is 0.737 bits per heavy atom. The Bertz CT molecular complexity index is 1530. The molecular formula is C33H31N3O2. The first kappa shape index (κ1) is 23.3. The van der Waals surface area contributed by atoms with Crippen molar-refractivity contribution in [3.8, 4) is 17.2 Å². The van der Waals surface area contributed by atoms with Crippen molar-refractivity contribution in [2.24, 2.45) is 0 Å². The highest BCUT2D eigenvalue weighted by Crippen LogP contribution is 2.44. The fourth-order valence-electron chi connectivity index (χ4n) is 6.49. The van der Waals surface area contributed by atoms with Crippen LogP contribution in [0, 0.1) is 11.3 Å². The molecule has 7 rings (SSSR count). The summed E-state index contributed by atoms with van der Waals surface area (Å²) in [7, 11) is 0. The summed E-state index contributed by atoms with van der Waals surface area (Å²) in [5.41, 5.74) is 7.90. The third-order valence-corrected chi connectivity index (χ3v) is 8.46. The molecule has 1 aliphatic carbocycles. The van der Waals surface area contributed by atoms with E-state index in [-0.39, 0.29) is 0 Å². The van der Waals surface area contributed by atoms with Gasteiger partial charge in [-0.15, -0.1) is 0 Å². The van der Waals surface area contributed by atoms with Gasteiger partial charge in [-0.3, -0.25) is 0 Å². The number of ether oxygens (including phenoxy) is 2. The van der Waals surface area contributed by atoms with Crippen LogP contribution in [-0.2, 0) is 22.3 Å². The molecule has 1 spiro atoms. The largest absolute Gasteiger partial charge is 0.368 e. The summed E-state index contributed by atoms with van der Waals surface area (Å²) in [6.07, 6.45) is 2.26. The highest BCUT2D eigenvalue weighted by Gasteiger charge is 2.42. The Balaban J connectivity index is 1.32. The molecule has 2 heterocycles. The molecule has 3 aliphatic rings. The number of benzene rings is 4. The Kier molecular flexibility index (Phi) is 5.80. The van der Waals surface area contributed by atoms with E-state index < -0.39 is 5.79 Å². The number of rotatable bonds is 3. The van der Waals surface area contributed by atoms with Gasteiger partial charge in [-0.2, -0.15) is 5.26 Å². The van der Waals surface area contributed by atoms with Gasteiger partial charge in [0.1, 0.15) is 6.07 Å². The first-order chi connectivity index (χ1) is 18.7. The van der Waals surface area contributed by atoms with Crippen molar-refractivity contribution in [2.45, 2.75) is 25.0 Å². The van der Waals surface area contributed by atoms with Crippen molar-refractivity contribution in [3.05, 3.63) is 95.6 Å². The van der Waals surface area contributed by atoms with E-state index >= 15 is 0 Å². The van der Waals surface area contributed by atoms with E-state index in [1.54, 1.807) is 0 Å². The number of fused-ring (bicyclic) bond motifs is 2. The van der Waals surface area contributed by atoms with Gasteiger partial charge in [0.05, 0.1) is 24.5 Å². The second kappa shape index (κ2) is 9.47. The smallest absolute Gasteiger partial charge is 0.172 e. The first-order valence-corrected chi connectivity index (χ1v) is 13.6. The van der Waals surface area contributed by atoms with Crippen LogP contribution in [0.3, 0.4) is 0 Å². The van der Waals surface area contributed by atoms with Crippen molar-refractivity contribution in [1.82, 2.24) is 0 Å².